The summed E-state index contributed by atoms with van der Waals surface area (Å²) in [5.41, 5.74) is 4.14. The number of hydrogen-bond acceptors (Lipinski definition) is 7. The van der Waals surface area contributed by atoms with Crippen LogP contribution in [0.3, 0.4) is 0 Å². The monoisotopic (exact) mass is 788 g/mol. The number of piperidine rings is 1. The fourth-order valence-corrected chi connectivity index (χ4v) is 8.36. The molecule has 11 nitrogen and oxygen atoms in total. The normalized spacial score (nSPS) is 16.3. The third-order valence-corrected chi connectivity index (χ3v) is 11.7. The minimum atomic E-state index is -0.965. The van der Waals surface area contributed by atoms with E-state index in [0.29, 0.717) is 47.0 Å². The lowest BCUT2D eigenvalue weighted by Gasteiger charge is -2.38. The second-order valence-electron chi connectivity index (χ2n) is 15.7. The van der Waals surface area contributed by atoms with Crippen molar-refractivity contribution in [2.24, 2.45) is 0 Å². The highest BCUT2D eigenvalue weighted by molar-refractivity contribution is 6.03. The molecule has 5 amide bonds. The molecule has 4 rings (SSSR count). The zero-order valence-corrected chi connectivity index (χ0v) is 35.4. The number of carbonyl (C=O) groups is 4. The SMILES string of the molecule is CCCCCCCCCCCCCCCc1cccc(OC)c1C1C(C(=O)NC)=C(C)NC(=O)N1C(=O)NCCCN1CCC(c2ccc(C(=O)OC)cc2)CC1. The predicted octanol–water partition coefficient (Wildman–Crippen LogP) is 9.18. The highest BCUT2D eigenvalue weighted by Crippen LogP contribution is 2.41. The molecule has 2 aliphatic rings. The molecule has 0 radical (unpaired) electrons. The first kappa shape index (κ1) is 45.3. The first-order valence-corrected chi connectivity index (χ1v) is 21.6. The van der Waals surface area contributed by atoms with E-state index in [0.717, 1.165) is 62.2 Å². The van der Waals surface area contributed by atoms with Gasteiger partial charge in [-0.05, 0) is 93.9 Å². The number of likely N-dealkylation sites (tertiary alicyclic amines) is 1. The lowest BCUT2D eigenvalue weighted by molar-refractivity contribution is -0.117. The van der Waals surface area contributed by atoms with Gasteiger partial charge in [-0.2, -0.15) is 0 Å². The Morgan fingerprint density at radius 2 is 1.44 bits per heavy atom. The number of methoxy groups -OCH3 is 2. The molecule has 1 saturated heterocycles. The van der Waals surface area contributed by atoms with Crippen LogP contribution < -0.4 is 20.7 Å². The Morgan fingerprint density at radius 1 is 0.825 bits per heavy atom. The van der Waals surface area contributed by atoms with Crippen molar-refractivity contribution in [3.8, 4) is 5.75 Å². The van der Waals surface area contributed by atoms with E-state index in [1.54, 1.807) is 21.1 Å². The number of urea groups is 2. The van der Waals surface area contributed by atoms with Gasteiger partial charge >= 0.3 is 18.0 Å². The highest BCUT2D eigenvalue weighted by Gasteiger charge is 2.43. The van der Waals surface area contributed by atoms with Crippen LogP contribution in [-0.4, -0.2) is 81.2 Å². The van der Waals surface area contributed by atoms with E-state index in [1.165, 1.54) is 83.3 Å². The summed E-state index contributed by atoms with van der Waals surface area (Å²) in [7, 11) is 4.53. The number of benzene rings is 2. The van der Waals surface area contributed by atoms with E-state index < -0.39 is 18.1 Å². The van der Waals surface area contributed by atoms with Crippen LogP contribution in [0.4, 0.5) is 9.59 Å². The van der Waals surface area contributed by atoms with Gasteiger partial charge in [-0.15, -0.1) is 0 Å². The van der Waals surface area contributed by atoms with Crippen molar-refractivity contribution in [2.75, 3.05) is 47.4 Å². The third kappa shape index (κ3) is 13.3. The summed E-state index contributed by atoms with van der Waals surface area (Å²) in [4.78, 5) is 56.6. The molecule has 0 bridgehead atoms. The van der Waals surface area contributed by atoms with E-state index in [9.17, 15) is 19.2 Å². The first-order chi connectivity index (χ1) is 27.7. The van der Waals surface area contributed by atoms with Crippen molar-refractivity contribution < 1.29 is 28.7 Å². The Hall–Kier alpha value is -4.38. The molecule has 0 aliphatic carbocycles. The van der Waals surface area contributed by atoms with Crippen LogP contribution in [0, 0.1) is 0 Å². The highest BCUT2D eigenvalue weighted by atomic mass is 16.5. The number of unbranched alkanes of at least 4 members (excludes halogenated alkanes) is 12. The van der Waals surface area contributed by atoms with Gasteiger partial charge in [0.15, 0.2) is 0 Å². The number of allylic oxidation sites excluding steroid dienone is 1. The van der Waals surface area contributed by atoms with Gasteiger partial charge in [0, 0.05) is 24.9 Å². The molecule has 3 N–H and O–H groups in total. The van der Waals surface area contributed by atoms with Crippen molar-refractivity contribution in [3.05, 3.63) is 76.0 Å². The zero-order valence-electron chi connectivity index (χ0n) is 35.4. The van der Waals surface area contributed by atoms with Gasteiger partial charge < -0.3 is 30.3 Å². The molecular formula is C46H69N5O6. The molecule has 314 valence electrons. The molecule has 1 atom stereocenters. The van der Waals surface area contributed by atoms with Crippen LogP contribution >= 0.6 is 0 Å². The van der Waals surface area contributed by atoms with Crippen molar-refractivity contribution in [1.82, 2.24) is 25.8 Å². The third-order valence-electron chi connectivity index (χ3n) is 11.7. The molecule has 0 spiro atoms. The van der Waals surface area contributed by atoms with Crippen molar-refractivity contribution in [1.29, 1.82) is 0 Å². The maximum atomic E-state index is 14.0. The molecule has 2 aromatic carbocycles. The lowest BCUT2D eigenvalue weighted by atomic mass is 9.87. The summed E-state index contributed by atoms with van der Waals surface area (Å²) in [6, 6.07) is 11.4. The Kier molecular flexibility index (Phi) is 19.4. The number of amides is 5. The smallest absolute Gasteiger partial charge is 0.337 e. The van der Waals surface area contributed by atoms with Crippen molar-refractivity contribution in [2.45, 2.75) is 135 Å². The van der Waals surface area contributed by atoms with Gasteiger partial charge in [-0.25, -0.2) is 19.3 Å². The standard InChI is InChI=1S/C46H69N5O6/c1-6-7-8-9-10-11-12-13-14-15-16-17-18-21-37-22-19-23-39(56-4)41(37)42-40(43(52)47-3)34(2)49-46(55)51(42)45(54)48-30-20-31-50-32-28-36(29-33-50)35-24-26-38(27-25-35)44(53)57-5/h19,22-27,36,42H,6-18,20-21,28-33H2,1-5H3,(H,47,52)(H,48,54)(H,49,55). The number of hydrogen-bond donors (Lipinski definition) is 3. The van der Waals surface area contributed by atoms with Crippen LogP contribution in [0.25, 0.3) is 0 Å². The number of carbonyl (C=O) groups excluding carboxylic acids is 4. The Labute approximate surface area is 341 Å². The molecule has 0 aromatic heterocycles. The van der Waals surface area contributed by atoms with Gasteiger partial charge in [-0.1, -0.05) is 108 Å². The maximum Gasteiger partial charge on any atom is 0.337 e. The van der Waals surface area contributed by atoms with Gasteiger partial charge in [0.05, 0.1) is 25.4 Å². The minimum Gasteiger partial charge on any atom is -0.496 e. The zero-order chi connectivity index (χ0) is 41.0. The summed E-state index contributed by atoms with van der Waals surface area (Å²) < 4.78 is 10.7. The summed E-state index contributed by atoms with van der Waals surface area (Å²) >= 11 is 0. The molecular weight excluding hydrogens is 719 g/mol. The van der Waals surface area contributed by atoms with Crippen LogP contribution in [0.5, 0.6) is 5.75 Å². The van der Waals surface area contributed by atoms with Crippen LogP contribution in [0.1, 0.15) is 156 Å². The van der Waals surface area contributed by atoms with E-state index in [2.05, 4.69) is 27.8 Å². The second kappa shape index (κ2) is 24.4. The van der Waals surface area contributed by atoms with Gasteiger partial charge in [0.2, 0.25) is 0 Å². The molecule has 1 unspecified atom stereocenters. The van der Waals surface area contributed by atoms with Gasteiger partial charge in [0.25, 0.3) is 5.91 Å². The minimum absolute atomic E-state index is 0.311. The number of nitrogens with zero attached hydrogens (tertiary/aromatic N) is 2. The molecule has 57 heavy (non-hydrogen) atoms. The van der Waals surface area contributed by atoms with Crippen LogP contribution in [0.15, 0.2) is 53.7 Å². The van der Waals surface area contributed by atoms with Gasteiger partial charge in [-0.3, -0.25) is 4.79 Å². The summed E-state index contributed by atoms with van der Waals surface area (Å²) in [5, 5.41) is 8.49. The maximum absolute atomic E-state index is 14.0. The summed E-state index contributed by atoms with van der Waals surface area (Å²) in [6.45, 7) is 7.01. The number of ether oxygens (including phenoxy) is 2. The van der Waals surface area contributed by atoms with Crippen molar-refractivity contribution in [3.63, 3.8) is 0 Å². The quantitative estimate of drug-likeness (QED) is 0.0757. The fourth-order valence-electron chi connectivity index (χ4n) is 8.36. The molecule has 2 aromatic rings. The van der Waals surface area contributed by atoms with E-state index in [4.69, 9.17) is 9.47 Å². The van der Waals surface area contributed by atoms with Crippen LogP contribution in [0.2, 0.25) is 0 Å². The lowest BCUT2D eigenvalue weighted by Crippen LogP contribution is -2.55. The summed E-state index contributed by atoms with van der Waals surface area (Å²) in [5.74, 6) is 0.272. The fraction of sp³-hybridized carbons (Fsp3) is 0.609. The Morgan fingerprint density at radius 3 is 2.02 bits per heavy atom. The number of imide groups is 1. The van der Waals surface area contributed by atoms with E-state index in [-0.39, 0.29) is 11.9 Å². The topological polar surface area (TPSA) is 129 Å². The number of rotatable bonds is 23. The molecule has 2 aliphatic heterocycles. The number of esters is 1. The Balaban J connectivity index is 1.34. The molecule has 2 heterocycles. The Bertz CT molecular complexity index is 1620. The molecule has 11 heteroatoms. The number of aryl methyl sites for hydroxylation is 1. The van der Waals surface area contributed by atoms with Gasteiger partial charge in [0.1, 0.15) is 11.8 Å². The molecule has 0 saturated carbocycles. The van der Waals surface area contributed by atoms with E-state index >= 15 is 0 Å². The van der Waals surface area contributed by atoms with E-state index in [1.807, 2.05) is 42.5 Å². The largest absolute Gasteiger partial charge is 0.496 e. The molecule has 1 fully saturated rings. The summed E-state index contributed by atoms with van der Waals surface area (Å²) in [6.07, 6.45) is 19.9. The number of likely N-dealkylation sites (N-methyl/N-ethyl adjacent to an activating group) is 1. The second-order valence-corrected chi connectivity index (χ2v) is 15.7. The first-order valence-electron chi connectivity index (χ1n) is 21.6. The average Bonchev–Trinajstić information content (AvgIpc) is 3.23. The van der Waals surface area contributed by atoms with Crippen LogP contribution in [-0.2, 0) is 16.0 Å². The number of nitrogens with one attached hydrogen (secondary N) is 3. The van der Waals surface area contributed by atoms with Crippen molar-refractivity contribution >= 4 is 23.9 Å². The predicted molar refractivity (Wildman–Crippen MR) is 226 cm³/mol. The average molecular weight is 788 g/mol.